The summed E-state index contributed by atoms with van der Waals surface area (Å²) in [6.45, 7) is 3.12. The SMILES string of the molecule is CCCn1c2ccc(Cl)cc2c2cc3ccncc3nc21. The van der Waals surface area contributed by atoms with Crippen molar-refractivity contribution in [3.63, 3.8) is 0 Å². The second kappa shape index (κ2) is 4.71. The molecule has 0 saturated heterocycles. The molecule has 3 heterocycles. The molecule has 3 nitrogen and oxygen atoms in total. The van der Waals surface area contributed by atoms with E-state index in [1.54, 1.807) is 6.20 Å². The van der Waals surface area contributed by atoms with E-state index in [-0.39, 0.29) is 0 Å². The van der Waals surface area contributed by atoms with Crippen molar-refractivity contribution in [2.24, 2.45) is 0 Å². The Bertz CT molecular complexity index is 972. The van der Waals surface area contributed by atoms with Crippen LogP contribution < -0.4 is 0 Å². The average molecular weight is 296 g/mol. The fourth-order valence-electron chi connectivity index (χ4n) is 2.93. The van der Waals surface area contributed by atoms with Crippen molar-refractivity contribution in [3.8, 4) is 0 Å². The van der Waals surface area contributed by atoms with Crippen LogP contribution in [0, 0.1) is 0 Å². The predicted octanol–water partition coefficient (Wildman–Crippen LogP) is 4.80. The number of halogens is 1. The zero-order valence-corrected chi connectivity index (χ0v) is 12.4. The quantitative estimate of drug-likeness (QED) is 0.532. The standard InChI is InChI=1S/C17H14ClN3/c1-2-7-21-16-4-3-12(18)9-13(16)14-8-11-5-6-19-10-15(11)20-17(14)21/h3-6,8-10H,2,7H2,1H3. The summed E-state index contributed by atoms with van der Waals surface area (Å²) < 4.78 is 2.27. The van der Waals surface area contributed by atoms with Crippen molar-refractivity contribution < 1.29 is 0 Å². The summed E-state index contributed by atoms with van der Waals surface area (Å²) >= 11 is 6.18. The van der Waals surface area contributed by atoms with Gasteiger partial charge < -0.3 is 4.57 Å². The van der Waals surface area contributed by atoms with Crippen LogP contribution in [0.1, 0.15) is 13.3 Å². The Hall–Kier alpha value is -2.13. The smallest absolute Gasteiger partial charge is 0.141 e. The molecule has 0 aliphatic carbocycles. The normalized spacial score (nSPS) is 11.7. The van der Waals surface area contributed by atoms with E-state index in [1.165, 1.54) is 5.52 Å². The number of nitrogens with zero attached hydrogens (tertiary/aromatic N) is 3. The molecule has 1 aromatic carbocycles. The zero-order chi connectivity index (χ0) is 14.4. The summed E-state index contributed by atoms with van der Waals surface area (Å²) in [6, 6.07) is 10.2. The minimum Gasteiger partial charge on any atom is -0.325 e. The summed E-state index contributed by atoms with van der Waals surface area (Å²) in [5.41, 5.74) is 3.12. The van der Waals surface area contributed by atoms with E-state index in [4.69, 9.17) is 16.6 Å². The first kappa shape index (κ1) is 12.6. The number of rotatable bonds is 2. The Morgan fingerprint density at radius 1 is 1.14 bits per heavy atom. The Labute approximate surface area is 127 Å². The van der Waals surface area contributed by atoms with Gasteiger partial charge in [0.2, 0.25) is 0 Å². The van der Waals surface area contributed by atoms with Crippen molar-refractivity contribution in [1.82, 2.24) is 14.5 Å². The first-order valence-corrected chi connectivity index (χ1v) is 7.48. The minimum atomic E-state index is 0.757. The predicted molar refractivity (Wildman–Crippen MR) is 87.8 cm³/mol. The minimum absolute atomic E-state index is 0.757. The maximum atomic E-state index is 6.18. The van der Waals surface area contributed by atoms with Crippen LogP contribution in [0.2, 0.25) is 5.02 Å². The van der Waals surface area contributed by atoms with Crippen LogP contribution in [0.5, 0.6) is 0 Å². The van der Waals surface area contributed by atoms with Crippen LogP contribution in [-0.2, 0) is 6.54 Å². The number of fused-ring (bicyclic) bond motifs is 4. The first-order chi connectivity index (χ1) is 10.3. The third-order valence-electron chi connectivity index (χ3n) is 3.84. The molecule has 0 bridgehead atoms. The summed E-state index contributed by atoms with van der Waals surface area (Å²) in [7, 11) is 0. The van der Waals surface area contributed by atoms with Gasteiger partial charge in [-0.2, -0.15) is 0 Å². The Balaban J connectivity index is 2.22. The van der Waals surface area contributed by atoms with Gasteiger partial charge in [0, 0.05) is 33.9 Å². The summed E-state index contributed by atoms with van der Waals surface area (Å²) in [5, 5.41) is 4.18. The van der Waals surface area contributed by atoms with Crippen LogP contribution in [0.15, 0.2) is 42.7 Å². The van der Waals surface area contributed by atoms with E-state index in [1.807, 2.05) is 24.4 Å². The van der Waals surface area contributed by atoms with Crippen molar-refractivity contribution >= 4 is 44.4 Å². The van der Waals surface area contributed by atoms with Crippen molar-refractivity contribution in [2.75, 3.05) is 0 Å². The lowest BCUT2D eigenvalue weighted by atomic mass is 10.1. The van der Waals surface area contributed by atoms with Gasteiger partial charge >= 0.3 is 0 Å². The van der Waals surface area contributed by atoms with Crippen LogP contribution >= 0.6 is 11.6 Å². The third-order valence-corrected chi connectivity index (χ3v) is 4.08. The lowest BCUT2D eigenvalue weighted by molar-refractivity contribution is 0.718. The average Bonchev–Trinajstić information content (AvgIpc) is 2.79. The highest BCUT2D eigenvalue weighted by molar-refractivity contribution is 6.31. The molecule has 0 aliphatic heterocycles. The highest BCUT2D eigenvalue weighted by atomic mass is 35.5. The third kappa shape index (κ3) is 1.88. The molecule has 3 aromatic heterocycles. The molecule has 0 amide bonds. The lowest BCUT2D eigenvalue weighted by Crippen LogP contribution is -1.97. The van der Waals surface area contributed by atoms with Gasteiger partial charge in [0.05, 0.1) is 17.2 Å². The van der Waals surface area contributed by atoms with E-state index in [9.17, 15) is 0 Å². The van der Waals surface area contributed by atoms with Crippen molar-refractivity contribution in [2.45, 2.75) is 19.9 Å². The van der Waals surface area contributed by atoms with Crippen LogP contribution in [0.4, 0.5) is 0 Å². The number of benzene rings is 1. The second-order valence-corrected chi connectivity index (χ2v) is 5.68. The van der Waals surface area contributed by atoms with Crippen molar-refractivity contribution in [3.05, 3.63) is 47.7 Å². The fraction of sp³-hybridized carbons (Fsp3) is 0.176. The summed E-state index contributed by atoms with van der Waals surface area (Å²) in [4.78, 5) is 8.99. The summed E-state index contributed by atoms with van der Waals surface area (Å²) in [5.74, 6) is 0. The van der Waals surface area contributed by atoms with Gasteiger partial charge in [0.15, 0.2) is 0 Å². The topological polar surface area (TPSA) is 30.7 Å². The molecule has 0 aliphatic rings. The van der Waals surface area contributed by atoms with Gasteiger partial charge in [-0.05, 0) is 36.8 Å². The molecule has 104 valence electrons. The van der Waals surface area contributed by atoms with Crippen LogP contribution in [0.25, 0.3) is 32.8 Å². The molecule has 0 unspecified atom stereocenters. The molecular weight excluding hydrogens is 282 g/mol. The Morgan fingerprint density at radius 3 is 2.90 bits per heavy atom. The number of pyridine rings is 2. The maximum absolute atomic E-state index is 6.18. The van der Waals surface area contributed by atoms with E-state index >= 15 is 0 Å². The van der Waals surface area contributed by atoms with Gasteiger partial charge in [-0.25, -0.2) is 4.98 Å². The number of hydrogen-bond donors (Lipinski definition) is 0. The van der Waals surface area contributed by atoms with Crippen LogP contribution in [0.3, 0.4) is 0 Å². The van der Waals surface area contributed by atoms with Gasteiger partial charge in [0.25, 0.3) is 0 Å². The first-order valence-electron chi connectivity index (χ1n) is 7.10. The lowest BCUT2D eigenvalue weighted by Gasteiger charge is -2.04. The molecule has 0 atom stereocenters. The number of aryl methyl sites for hydroxylation is 1. The maximum Gasteiger partial charge on any atom is 0.141 e. The highest BCUT2D eigenvalue weighted by Crippen LogP contribution is 2.32. The second-order valence-electron chi connectivity index (χ2n) is 5.24. The molecular formula is C17H14ClN3. The monoisotopic (exact) mass is 295 g/mol. The number of aromatic nitrogens is 3. The summed E-state index contributed by atoms with van der Waals surface area (Å²) in [6.07, 6.45) is 4.68. The molecule has 4 heteroatoms. The largest absolute Gasteiger partial charge is 0.325 e. The van der Waals surface area contributed by atoms with E-state index in [2.05, 4.69) is 28.6 Å². The van der Waals surface area contributed by atoms with E-state index in [0.29, 0.717) is 0 Å². The molecule has 0 radical (unpaired) electrons. The molecule has 0 N–H and O–H groups in total. The fourth-order valence-corrected chi connectivity index (χ4v) is 3.11. The highest BCUT2D eigenvalue weighted by Gasteiger charge is 2.13. The Morgan fingerprint density at radius 2 is 2.05 bits per heavy atom. The molecule has 4 rings (SSSR count). The number of hydrogen-bond acceptors (Lipinski definition) is 2. The molecule has 0 saturated carbocycles. The van der Waals surface area contributed by atoms with Gasteiger partial charge in [-0.15, -0.1) is 0 Å². The van der Waals surface area contributed by atoms with Gasteiger partial charge in [0.1, 0.15) is 5.65 Å². The molecule has 21 heavy (non-hydrogen) atoms. The van der Waals surface area contributed by atoms with E-state index < -0.39 is 0 Å². The molecule has 4 aromatic rings. The zero-order valence-electron chi connectivity index (χ0n) is 11.7. The van der Waals surface area contributed by atoms with Gasteiger partial charge in [-0.3, -0.25) is 4.98 Å². The van der Waals surface area contributed by atoms with E-state index in [0.717, 1.165) is 45.3 Å². The van der Waals surface area contributed by atoms with Crippen LogP contribution in [-0.4, -0.2) is 14.5 Å². The van der Waals surface area contributed by atoms with Crippen molar-refractivity contribution in [1.29, 1.82) is 0 Å². The Kier molecular flexibility index (Phi) is 2.82. The molecule has 0 fully saturated rings. The molecule has 0 spiro atoms. The van der Waals surface area contributed by atoms with Gasteiger partial charge in [-0.1, -0.05) is 18.5 Å².